The summed E-state index contributed by atoms with van der Waals surface area (Å²) in [6.07, 6.45) is 35.7. The van der Waals surface area contributed by atoms with E-state index in [0.29, 0.717) is 22.7 Å². The molecular formula is C63H125NO. The maximum Gasteiger partial charge on any atom is 0.225 e. The molecule has 0 bridgehead atoms. The first-order valence-corrected chi connectivity index (χ1v) is 29.5. The van der Waals surface area contributed by atoms with Gasteiger partial charge in [0.1, 0.15) is 0 Å². The van der Waals surface area contributed by atoms with Gasteiger partial charge in [0.15, 0.2) is 0 Å². The van der Waals surface area contributed by atoms with Gasteiger partial charge in [0.05, 0.1) is 0 Å². The van der Waals surface area contributed by atoms with Crippen molar-refractivity contribution in [2.75, 3.05) is 14.1 Å². The molecule has 0 saturated heterocycles. The summed E-state index contributed by atoms with van der Waals surface area (Å²) in [6, 6.07) is 0. The number of rotatable bonds is 7. The summed E-state index contributed by atoms with van der Waals surface area (Å²) in [5, 5.41) is 0. The molecule has 6 rings (SSSR count). The Morgan fingerprint density at radius 2 is 0.785 bits per heavy atom. The van der Waals surface area contributed by atoms with Crippen molar-refractivity contribution in [3.05, 3.63) is 0 Å². The summed E-state index contributed by atoms with van der Waals surface area (Å²) in [5.41, 5.74) is 1.28. The monoisotopic (exact) mass is 912 g/mol. The summed E-state index contributed by atoms with van der Waals surface area (Å²) in [7, 11) is 3.72. The number of amides is 1. The van der Waals surface area contributed by atoms with Crippen molar-refractivity contribution < 1.29 is 4.79 Å². The molecule has 6 aliphatic rings. The van der Waals surface area contributed by atoms with Crippen molar-refractivity contribution in [3.63, 3.8) is 0 Å². The number of nitrogens with zero attached hydrogens (tertiary/aromatic N) is 1. The highest BCUT2D eigenvalue weighted by Crippen LogP contribution is 2.42. The largest absolute Gasteiger partial charge is 0.349 e. The molecule has 6 saturated carbocycles. The Morgan fingerprint density at radius 1 is 0.385 bits per heavy atom. The summed E-state index contributed by atoms with van der Waals surface area (Å²) < 4.78 is 0. The third-order valence-corrected chi connectivity index (χ3v) is 18.5. The van der Waals surface area contributed by atoms with Crippen molar-refractivity contribution in [1.29, 1.82) is 0 Å². The van der Waals surface area contributed by atoms with Crippen LogP contribution in [0.1, 0.15) is 285 Å². The Labute approximate surface area is 412 Å². The molecule has 65 heavy (non-hydrogen) atoms. The minimum Gasteiger partial charge on any atom is -0.349 e. The van der Waals surface area contributed by atoms with Gasteiger partial charge < -0.3 is 4.90 Å². The predicted octanol–water partition coefficient (Wildman–Crippen LogP) is 20.4. The van der Waals surface area contributed by atoms with Gasteiger partial charge in [0.2, 0.25) is 5.91 Å². The van der Waals surface area contributed by atoms with E-state index >= 15 is 0 Å². The van der Waals surface area contributed by atoms with E-state index in [9.17, 15) is 4.79 Å². The van der Waals surface area contributed by atoms with Crippen LogP contribution in [-0.4, -0.2) is 24.9 Å². The molecule has 0 aromatic heterocycles. The fraction of sp³-hybridized carbons (Fsp3) is 0.984. The Morgan fingerprint density at radius 3 is 1.17 bits per heavy atom. The molecule has 6 fully saturated rings. The molecule has 0 N–H and O–H groups in total. The summed E-state index contributed by atoms with van der Waals surface area (Å²) in [4.78, 5) is 13.5. The van der Waals surface area contributed by atoms with Gasteiger partial charge in [-0.2, -0.15) is 0 Å². The van der Waals surface area contributed by atoms with Crippen LogP contribution in [0, 0.1) is 99.6 Å². The number of carbonyl (C=O) groups is 1. The minimum atomic E-state index is 0.297. The smallest absolute Gasteiger partial charge is 0.225 e. The Hall–Kier alpha value is -0.530. The average molecular weight is 913 g/mol. The molecule has 0 aromatic rings. The Bertz CT molecular complexity index is 1150. The first-order chi connectivity index (χ1) is 30.2. The number of hydrogen-bond acceptors (Lipinski definition) is 1. The van der Waals surface area contributed by atoms with Gasteiger partial charge in [-0.15, -0.1) is 0 Å². The van der Waals surface area contributed by atoms with Crippen LogP contribution < -0.4 is 0 Å². The third-order valence-electron chi connectivity index (χ3n) is 18.5. The van der Waals surface area contributed by atoms with Crippen molar-refractivity contribution in [2.45, 2.75) is 285 Å². The Balaban J connectivity index is 0.000000392. The summed E-state index contributed by atoms with van der Waals surface area (Å²) in [6.45, 7) is 42.6. The molecular weight excluding hydrogens is 787 g/mol. The van der Waals surface area contributed by atoms with E-state index in [2.05, 4.69) is 125 Å². The van der Waals surface area contributed by atoms with E-state index in [0.717, 1.165) is 95.7 Å². The summed E-state index contributed by atoms with van der Waals surface area (Å²) >= 11 is 0. The van der Waals surface area contributed by atoms with Crippen LogP contribution in [0.5, 0.6) is 0 Å². The Kier molecular flexibility index (Phi) is 31.1. The molecule has 0 spiro atoms. The average Bonchev–Trinajstić information content (AvgIpc) is 3.24. The maximum absolute atomic E-state index is 11.8. The van der Waals surface area contributed by atoms with Gasteiger partial charge in [-0.3, -0.25) is 4.79 Å². The standard InChI is InChI=1S/C12H23NO.2C11H22.2C10H20.C9H18/c1-9(2)10-6-5-7-11(8-10)12(14)13(3)4;1-9(2)10-5-7-11(3,4)8-6-10;1-9(2)10-6-5-7-11(3,4)8-10;1-8(2)10-6-4-9(3)5-7-10;1-8(2)10-6-4-5-9(3)7-10;1-8(2)9-6-4-3-5-7-9/h9-11H,5-8H2,1-4H3;2*9-10H,5-8H2,1-4H3;2*8-10H,4-7H2,1-3H3;8-9H,3-7H2,1-2H3/t10-,11+;;10-;;9-,10?;/m1.1.0./s1. The molecule has 388 valence electrons. The van der Waals surface area contributed by atoms with Crippen molar-refractivity contribution in [2.24, 2.45) is 99.6 Å². The second-order valence-electron chi connectivity index (χ2n) is 27.8. The second-order valence-corrected chi connectivity index (χ2v) is 27.8. The van der Waals surface area contributed by atoms with Gasteiger partial charge in [-0.05, 0) is 164 Å². The SMILES string of the molecule is CC(C)C1CCC(C)(C)CC1.CC(C)C1CCCCC1.CC(C)C1CCC[C@H](C)C1.CC(C)[C@@H]1CCCC(C)(C)C1.CC(C)[C@@H]1CCC[C@H](C(=O)N(C)C)C1.CC1CCC(C(C)C)CC1. The maximum atomic E-state index is 11.8. The van der Waals surface area contributed by atoms with Crippen molar-refractivity contribution in [1.82, 2.24) is 4.90 Å². The predicted molar refractivity (Wildman–Crippen MR) is 293 cm³/mol. The molecule has 0 aromatic carbocycles. The molecule has 0 heterocycles. The lowest BCUT2D eigenvalue weighted by molar-refractivity contribution is -0.134. The topological polar surface area (TPSA) is 20.3 Å². The normalized spacial score (nSPS) is 29.5. The highest BCUT2D eigenvalue weighted by Gasteiger charge is 2.31. The molecule has 6 aliphatic carbocycles. The van der Waals surface area contributed by atoms with Crippen LogP contribution >= 0.6 is 0 Å². The van der Waals surface area contributed by atoms with E-state index in [4.69, 9.17) is 0 Å². The first kappa shape index (κ1) is 62.5. The minimum absolute atomic E-state index is 0.297. The molecule has 2 nitrogen and oxygen atoms in total. The third kappa shape index (κ3) is 27.5. The van der Waals surface area contributed by atoms with Gasteiger partial charge in [-0.1, -0.05) is 215 Å². The zero-order valence-electron chi connectivity index (χ0n) is 48.7. The molecule has 5 atom stereocenters. The van der Waals surface area contributed by atoms with Gasteiger partial charge in [0.25, 0.3) is 0 Å². The molecule has 1 amide bonds. The lowest BCUT2D eigenvalue weighted by atomic mass is 9.69. The molecule has 1 unspecified atom stereocenters. The van der Waals surface area contributed by atoms with E-state index in [-0.39, 0.29) is 0 Å². The quantitative estimate of drug-likeness (QED) is 0.249. The van der Waals surface area contributed by atoms with Crippen LogP contribution in [0.2, 0.25) is 0 Å². The zero-order valence-corrected chi connectivity index (χ0v) is 48.7. The first-order valence-electron chi connectivity index (χ1n) is 29.5. The van der Waals surface area contributed by atoms with Crippen molar-refractivity contribution in [3.8, 4) is 0 Å². The fourth-order valence-corrected chi connectivity index (χ4v) is 12.7. The van der Waals surface area contributed by atoms with Crippen LogP contribution in [-0.2, 0) is 4.79 Å². The van der Waals surface area contributed by atoms with E-state index in [1.54, 1.807) is 4.90 Å². The van der Waals surface area contributed by atoms with E-state index < -0.39 is 0 Å². The van der Waals surface area contributed by atoms with Crippen molar-refractivity contribution >= 4 is 5.91 Å². The molecule has 0 aliphatic heterocycles. The summed E-state index contributed by atoms with van der Waals surface area (Å²) in [5.74, 6) is 13.9. The van der Waals surface area contributed by atoms with Crippen LogP contribution in [0.3, 0.4) is 0 Å². The second kappa shape index (κ2) is 32.4. The van der Waals surface area contributed by atoms with E-state index in [1.807, 2.05) is 14.1 Å². The van der Waals surface area contributed by atoms with Gasteiger partial charge in [0, 0.05) is 20.0 Å². The molecule has 0 radical (unpaired) electrons. The van der Waals surface area contributed by atoms with Crippen LogP contribution in [0.25, 0.3) is 0 Å². The number of hydrogen-bond donors (Lipinski definition) is 0. The zero-order chi connectivity index (χ0) is 49.5. The van der Waals surface area contributed by atoms with Crippen LogP contribution in [0.4, 0.5) is 0 Å². The lowest BCUT2D eigenvalue weighted by Crippen LogP contribution is -2.33. The number of carbonyl (C=O) groups excluding carboxylic acids is 1. The van der Waals surface area contributed by atoms with Gasteiger partial charge >= 0.3 is 0 Å². The lowest BCUT2D eigenvalue weighted by Gasteiger charge is -2.37. The highest BCUT2D eigenvalue weighted by atomic mass is 16.2. The highest BCUT2D eigenvalue weighted by molar-refractivity contribution is 5.78. The molecule has 2 heteroatoms. The van der Waals surface area contributed by atoms with Crippen LogP contribution in [0.15, 0.2) is 0 Å². The van der Waals surface area contributed by atoms with E-state index in [1.165, 1.54) is 148 Å². The van der Waals surface area contributed by atoms with Gasteiger partial charge in [-0.25, -0.2) is 0 Å². The fourth-order valence-electron chi connectivity index (χ4n) is 12.7.